The Kier molecular flexibility index (Phi) is 10.6. The molecule has 0 bridgehead atoms. The Morgan fingerprint density at radius 3 is 1.53 bits per heavy atom. The first-order valence-corrected chi connectivity index (χ1v) is 12.4. The summed E-state index contributed by atoms with van der Waals surface area (Å²) in [5.74, 6) is 1.88. The minimum Gasteiger partial charge on any atom is -0.457 e. The average Bonchev–Trinajstić information content (AvgIpc) is 3.32. The predicted molar refractivity (Wildman–Crippen MR) is 135 cm³/mol. The largest absolute Gasteiger partial charge is 0.457 e. The van der Waals surface area contributed by atoms with Gasteiger partial charge in [0.25, 0.3) is 5.78 Å². The van der Waals surface area contributed by atoms with Crippen LogP contribution in [0.4, 0.5) is 0 Å². The van der Waals surface area contributed by atoms with Gasteiger partial charge in [0.1, 0.15) is 11.5 Å². The SMILES string of the molecule is Cc1cc(CCNC(C)(C)CCCO)c(C(=O)c2oc(C)cc2CCNC(C)(C)CCCO)o1. The average molecular weight is 477 g/mol. The molecular weight excluding hydrogens is 432 g/mol. The molecule has 34 heavy (non-hydrogen) atoms. The van der Waals surface area contributed by atoms with E-state index >= 15 is 0 Å². The fourth-order valence-electron chi connectivity index (χ4n) is 4.28. The molecule has 0 aromatic carbocycles. The van der Waals surface area contributed by atoms with Gasteiger partial charge in [0.2, 0.25) is 0 Å². The van der Waals surface area contributed by atoms with Gasteiger partial charge < -0.3 is 29.7 Å². The van der Waals surface area contributed by atoms with Gasteiger partial charge in [-0.25, -0.2) is 0 Å². The summed E-state index contributed by atoms with van der Waals surface area (Å²) in [6.45, 7) is 14.0. The van der Waals surface area contributed by atoms with Crippen molar-refractivity contribution in [3.8, 4) is 0 Å². The number of nitrogens with one attached hydrogen (secondary N) is 2. The van der Waals surface area contributed by atoms with Crippen molar-refractivity contribution in [3.63, 3.8) is 0 Å². The Balaban J connectivity index is 2.07. The van der Waals surface area contributed by atoms with Crippen molar-refractivity contribution in [3.05, 3.63) is 46.3 Å². The van der Waals surface area contributed by atoms with Gasteiger partial charge in [-0.3, -0.25) is 4.79 Å². The Bertz CT molecular complexity index is 838. The molecule has 0 unspecified atom stereocenters. The summed E-state index contributed by atoms with van der Waals surface area (Å²) < 4.78 is 11.7. The molecule has 0 saturated heterocycles. The summed E-state index contributed by atoms with van der Waals surface area (Å²) in [4.78, 5) is 13.4. The first-order valence-electron chi connectivity index (χ1n) is 12.4. The Morgan fingerprint density at radius 1 is 0.794 bits per heavy atom. The van der Waals surface area contributed by atoms with Crippen LogP contribution in [0.3, 0.4) is 0 Å². The van der Waals surface area contributed by atoms with E-state index < -0.39 is 0 Å². The van der Waals surface area contributed by atoms with E-state index in [4.69, 9.17) is 19.0 Å². The van der Waals surface area contributed by atoms with Crippen LogP contribution >= 0.6 is 0 Å². The highest BCUT2D eigenvalue weighted by molar-refractivity contribution is 6.07. The molecule has 0 aliphatic carbocycles. The number of carbonyl (C=O) groups excluding carboxylic acids is 1. The molecule has 192 valence electrons. The predicted octanol–water partition coefficient (Wildman–Crippen LogP) is 4.09. The van der Waals surface area contributed by atoms with Gasteiger partial charge in [0.15, 0.2) is 11.5 Å². The molecule has 7 heteroatoms. The highest BCUT2D eigenvalue weighted by Crippen LogP contribution is 2.25. The highest BCUT2D eigenvalue weighted by Gasteiger charge is 2.26. The molecule has 2 heterocycles. The van der Waals surface area contributed by atoms with Gasteiger partial charge in [-0.2, -0.15) is 0 Å². The van der Waals surface area contributed by atoms with Crippen LogP contribution in [0.5, 0.6) is 0 Å². The van der Waals surface area contributed by atoms with E-state index in [1.165, 1.54) is 0 Å². The first-order chi connectivity index (χ1) is 16.0. The number of rotatable bonds is 16. The van der Waals surface area contributed by atoms with Crippen LogP contribution in [-0.4, -0.2) is 53.4 Å². The molecule has 7 nitrogen and oxygen atoms in total. The Hall–Kier alpha value is -1.93. The minimum absolute atomic E-state index is 0.0884. The Morgan fingerprint density at radius 2 is 1.18 bits per heavy atom. The zero-order chi connectivity index (χ0) is 25.4. The number of furan rings is 2. The van der Waals surface area contributed by atoms with Crippen molar-refractivity contribution >= 4 is 5.78 Å². The third kappa shape index (κ3) is 8.69. The van der Waals surface area contributed by atoms with Gasteiger partial charge in [-0.05, 0) is 105 Å². The van der Waals surface area contributed by atoms with Crippen molar-refractivity contribution in [2.24, 2.45) is 0 Å². The maximum absolute atomic E-state index is 13.4. The molecule has 0 aliphatic rings. The lowest BCUT2D eigenvalue weighted by Crippen LogP contribution is -2.40. The van der Waals surface area contributed by atoms with E-state index in [1.807, 2.05) is 26.0 Å². The maximum atomic E-state index is 13.4. The quantitative estimate of drug-likeness (QED) is 0.270. The maximum Gasteiger partial charge on any atom is 0.263 e. The Labute approximate surface area is 204 Å². The van der Waals surface area contributed by atoms with Crippen LogP contribution in [-0.2, 0) is 12.8 Å². The molecular formula is C27H44N2O5. The standard InChI is InChI=1S/C27H44N2O5/c1-19-17-21(9-13-28-26(3,4)11-7-15-30)24(33-19)23(32)25-22(18-20(2)34-25)10-14-29-27(5,6)12-8-16-31/h17-18,28-31H,7-16H2,1-6H3. The molecule has 4 N–H and O–H groups in total. The van der Waals surface area contributed by atoms with E-state index in [9.17, 15) is 4.79 Å². The molecule has 0 aliphatic heterocycles. The number of hydrogen-bond donors (Lipinski definition) is 4. The van der Waals surface area contributed by atoms with Gasteiger partial charge in [-0.1, -0.05) is 0 Å². The second-order valence-corrected chi connectivity index (χ2v) is 10.5. The summed E-state index contributed by atoms with van der Waals surface area (Å²) in [7, 11) is 0. The van der Waals surface area contributed by atoms with E-state index in [-0.39, 0.29) is 30.1 Å². The van der Waals surface area contributed by atoms with Crippen molar-refractivity contribution in [2.75, 3.05) is 26.3 Å². The molecule has 0 atom stereocenters. The van der Waals surface area contributed by atoms with Crippen LogP contribution in [0.15, 0.2) is 21.0 Å². The second kappa shape index (κ2) is 12.7. The number of hydrogen-bond acceptors (Lipinski definition) is 7. The summed E-state index contributed by atoms with van der Waals surface area (Å²) in [6, 6.07) is 3.85. The summed E-state index contributed by atoms with van der Waals surface area (Å²) in [5.41, 5.74) is 1.57. The number of carbonyl (C=O) groups is 1. The number of aliphatic hydroxyl groups excluding tert-OH is 2. The van der Waals surface area contributed by atoms with Crippen LogP contribution in [0.1, 0.15) is 92.3 Å². The lowest BCUT2D eigenvalue weighted by Gasteiger charge is -2.26. The number of aryl methyl sites for hydroxylation is 2. The van der Waals surface area contributed by atoms with Gasteiger partial charge >= 0.3 is 0 Å². The molecule has 0 radical (unpaired) electrons. The topological polar surface area (TPSA) is 108 Å². The van der Waals surface area contributed by atoms with Crippen LogP contribution in [0, 0.1) is 13.8 Å². The van der Waals surface area contributed by atoms with Crippen LogP contribution in [0.25, 0.3) is 0 Å². The lowest BCUT2D eigenvalue weighted by molar-refractivity contribution is 0.0978. The molecule has 2 aromatic heterocycles. The first kappa shape index (κ1) is 28.3. The number of aliphatic hydroxyl groups is 2. The van der Waals surface area contributed by atoms with Crippen molar-refractivity contribution in [2.45, 2.75) is 91.1 Å². The number of ketones is 1. The molecule has 2 aromatic rings. The van der Waals surface area contributed by atoms with E-state index in [0.29, 0.717) is 49.0 Å². The lowest BCUT2D eigenvalue weighted by atomic mass is 9.97. The van der Waals surface area contributed by atoms with Crippen molar-refractivity contribution in [1.82, 2.24) is 10.6 Å². The third-order valence-electron chi connectivity index (χ3n) is 6.19. The van der Waals surface area contributed by atoms with Crippen molar-refractivity contribution in [1.29, 1.82) is 0 Å². The smallest absolute Gasteiger partial charge is 0.263 e. The molecule has 0 fully saturated rings. The van der Waals surface area contributed by atoms with Gasteiger partial charge in [0.05, 0.1) is 0 Å². The molecule has 0 saturated carbocycles. The molecule has 0 amide bonds. The van der Waals surface area contributed by atoms with E-state index in [1.54, 1.807) is 0 Å². The highest BCUT2D eigenvalue weighted by atomic mass is 16.4. The third-order valence-corrected chi connectivity index (χ3v) is 6.19. The fraction of sp³-hybridized carbons (Fsp3) is 0.667. The van der Waals surface area contributed by atoms with Crippen LogP contribution in [0.2, 0.25) is 0 Å². The molecule has 0 spiro atoms. The van der Waals surface area contributed by atoms with Crippen LogP contribution < -0.4 is 10.6 Å². The second-order valence-electron chi connectivity index (χ2n) is 10.5. The molecule has 2 rings (SSSR count). The van der Waals surface area contributed by atoms with Crippen molar-refractivity contribution < 1.29 is 23.8 Å². The van der Waals surface area contributed by atoms with E-state index in [0.717, 1.165) is 36.8 Å². The monoisotopic (exact) mass is 476 g/mol. The summed E-state index contributed by atoms with van der Waals surface area (Å²) in [6.07, 6.45) is 4.58. The normalized spacial score (nSPS) is 12.5. The zero-order valence-corrected chi connectivity index (χ0v) is 21.8. The fourth-order valence-corrected chi connectivity index (χ4v) is 4.28. The van der Waals surface area contributed by atoms with Gasteiger partial charge in [-0.15, -0.1) is 0 Å². The van der Waals surface area contributed by atoms with E-state index in [2.05, 4.69) is 38.3 Å². The summed E-state index contributed by atoms with van der Waals surface area (Å²) >= 11 is 0. The minimum atomic E-state index is -0.217. The van der Waals surface area contributed by atoms with Gasteiger partial charge in [0, 0.05) is 35.4 Å². The summed E-state index contributed by atoms with van der Waals surface area (Å²) in [5, 5.41) is 25.2. The zero-order valence-electron chi connectivity index (χ0n) is 21.8.